The molecule has 6 nitrogen and oxygen atoms in total. The molecule has 1 aromatic heterocycles. The van der Waals surface area contributed by atoms with Gasteiger partial charge in [-0.3, -0.25) is 4.79 Å². The molecule has 0 bridgehead atoms. The first-order valence-corrected chi connectivity index (χ1v) is 11.9. The van der Waals surface area contributed by atoms with Gasteiger partial charge in [0.2, 0.25) is 5.91 Å². The second-order valence-electron chi connectivity index (χ2n) is 7.19. The van der Waals surface area contributed by atoms with E-state index in [0.717, 1.165) is 11.3 Å². The highest BCUT2D eigenvalue weighted by molar-refractivity contribution is 8.00. The molecule has 0 spiro atoms. The van der Waals surface area contributed by atoms with Crippen LogP contribution >= 0.6 is 11.3 Å². The summed E-state index contributed by atoms with van der Waals surface area (Å²) in [6, 6.07) is 13.0. The molecule has 2 aliphatic heterocycles. The molecule has 29 heavy (non-hydrogen) atoms. The molecule has 8 heteroatoms. The van der Waals surface area contributed by atoms with E-state index < -0.39 is 10.0 Å². The maximum absolute atomic E-state index is 12.7. The van der Waals surface area contributed by atoms with Crippen LogP contribution in [0.5, 0.6) is 0 Å². The fourth-order valence-corrected chi connectivity index (χ4v) is 6.00. The summed E-state index contributed by atoms with van der Waals surface area (Å²) in [6.45, 7) is 4.31. The minimum atomic E-state index is -3.72. The number of benzene rings is 1. The number of amidine groups is 1. The SMILES string of the molecule is CC1=C(c2ccccc2)S(=O)(=O)N=C1N1CCCN(C(=O)Cc2cccs2)CC1. The van der Waals surface area contributed by atoms with Gasteiger partial charge in [0.15, 0.2) is 0 Å². The molecule has 1 amide bonds. The van der Waals surface area contributed by atoms with Crippen molar-refractivity contribution >= 4 is 38.0 Å². The van der Waals surface area contributed by atoms with Gasteiger partial charge in [0, 0.05) is 36.6 Å². The van der Waals surface area contributed by atoms with E-state index in [0.29, 0.717) is 49.6 Å². The van der Waals surface area contributed by atoms with Crippen molar-refractivity contribution in [3.8, 4) is 0 Å². The third-order valence-electron chi connectivity index (χ3n) is 5.23. The minimum Gasteiger partial charge on any atom is -0.354 e. The van der Waals surface area contributed by atoms with E-state index in [4.69, 9.17) is 0 Å². The molecule has 152 valence electrons. The zero-order valence-corrected chi connectivity index (χ0v) is 17.9. The molecule has 2 aliphatic rings. The fourth-order valence-electron chi connectivity index (χ4n) is 3.83. The van der Waals surface area contributed by atoms with Crippen LogP contribution < -0.4 is 0 Å². The van der Waals surface area contributed by atoms with E-state index in [2.05, 4.69) is 4.40 Å². The minimum absolute atomic E-state index is 0.118. The molecule has 2 aromatic rings. The molecule has 3 heterocycles. The first kappa shape index (κ1) is 19.8. The molecule has 4 rings (SSSR count). The van der Waals surface area contributed by atoms with Crippen LogP contribution in [0.3, 0.4) is 0 Å². The molecule has 0 saturated carbocycles. The summed E-state index contributed by atoms with van der Waals surface area (Å²) in [4.78, 5) is 17.9. The van der Waals surface area contributed by atoms with Crippen molar-refractivity contribution in [2.45, 2.75) is 19.8 Å². The second kappa shape index (κ2) is 8.12. The van der Waals surface area contributed by atoms with Gasteiger partial charge in [-0.1, -0.05) is 36.4 Å². The Morgan fingerprint density at radius 1 is 1.07 bits per heavy atom. The number of carbonyl (C=O) groups excluding carboxylic acids is 1. The molecular weight excluding hydrogens is 406 g/mol. The van der Waals surface area contributed by atoms with E-state index in [9.17, 15) is 13.2 Å². The topological polar surface area (TPSA) is 70.1 Å². The Kier molecular flexibility index (Phi) is 5.56. The van der Waals surface area contributed by atoms with Crippen molar-refractivity contribution < 1.29 is 13.2 Å². The smallest absolute Gasteiger partial charge is 0.285 e. The van der Waals surface area contributed by atoms with E-state index in [1.165, 1.54) is 0 Å². The molecule has 1 fully saturated rings. The third-order valence-corrected chi connectivity index (χ3v) is 7.58. The number of hydrogen-bond acceptors (Lipinski definition) is 5. The van der Waals surface area contributed by atoms with Gasteiger partial charge in [-0.2, -0.15) is 8.42 Å². The Morgan fingerprint density at radius 3 is 2.59 bits per heavy atom. The maximum Gasteiger partial charge on any atom is 0.285 e. The number of rotatable bonds is 3. The monoisotopic (exact) mass is 429 g/mol. The molecular formula is C21H23N3O3S2. The van der Waals surface area contributed by atoms with Crippen LogP contribution in [0.1, 0.15) is 23.8 Å². The summed E-state index contributed by atoms with van der Waals surface area (Å²) in [5, 5.41) is 1.98. The van der Waals surface area contributed by atoms with Crippen LogP contribution in [0.4, 0.5) is 0 Å². The highest BCUT2D eigenvalue weighted by Crippen LogP contribution is 2.33. The summed E-state index contributed by atoms with van der Waals surface area (Å²) >= 11 is 1.59. The predicted octanol–water partition coefficient (Wildman–Crippen LogP) is 3.00. The largest absolute Gasteiger partial charge is 0.354 e. The molecule has 0 aliphatic carbocycles. The van der Waals surface area contributed by atoms with Gasteiger partial charge in [-0.15, -0.1) is 15.7 Å². The lowest BCUT2D eigenvalue weighted by Gasteiger charge is -2.23. The van der Waals surface area contributed by atoms with Crippen LogP contribution in [0.15, 0.2) is 57.8 Å². The van der Waals surface area contributed by atoms with Gasteiger partial charge < -0.3 is 9.80 Å². The Morgan fingerprint density at radius 2 is 1.86 bits per heavy atom. The van der Waals surface area contributed by atoms with Gasteiger partial charge in [-0.25, -0.2) is 0 Å². The average Bonchev–Trinajstić information content (AvgIpc) is 3.19. The van der Waals surface area contributed by atoms with E-state index in [-0.39, 0.29) is 10.8 Å². The first-order chi connectivity index (χ1) is 14.0. The highest BCUT2D eigenvalue weighted by atomic mass is 32.2. The Bertz CT molecular complexity index is 1060. The lowest BCUT2D eigenvalue weighted by Crippen LogP contribution is -2.37. The molecule has 0 unspecified atom stereocenters. The standard InChI is InChI=1S/C21H23N3O3S2/c1-16-20(17-7-3-2-4-8-17)29(26,27)22-21(16)24-11-6-10-23(12-13-24)19(25)15-18-9-5-14-28-18/h2-5,7-9,14H,6,10-13,15H2,1H3. The number of carbonyl (C=O) groups is 1. The van der Waals surface area contributed by atoms with Crippen molar-refractivity contribution in [1.82, 2.24) is 9.80 Å². The van der Waals surface area contributed by atoms with Gasteiger partial charge in [0.05, 0.1) is 6.42 Å². The van der Waals surface area contributed by atoms with Gasteiger partial charge in [-0.05, 0) is 30.4 Å². The van der Waals surface area contributed by atoms with Crippen molar-refractivity contribution in [3.05, 3.63) is 63.9 Å². The van der Waals surface area contributed by atoms with Gasteiger partial charge in [0.1, 0.15) is 10.7 Å². The quantitative estimate of drug-likeness (QED) is 0.752. The van der Waals surface area contributed by atoms with Crippen LogP contribution in [0.2, 0.25) is 0 Å². The van der Waals surface area contributed by atoms with Gasteiger partial charge >= 0.3 is 0 Å². The van der Waals surface area contributed by atoms with Crippen molar-refractivity contribution in [2.75, 3.05) is 26.2 Å². The van der Waals surface area contributed by atoms with E-state index >= 15 is 0 Å². The lowest BCUT2D eigenvalue weighted by atomic mass is 10.1. The number of sulfonamides is 1. The first-order valence-electron chi connectivity index (χ1n) is 9.62. The fraction of sp³-hybridized carbons (Fsp3) is 0.333. The third kappa shape index (κ3) is 4.13. The van der Waals surface area contributed by atoms with E-state index in [1.54, 1.807) is 23.5 Å². The Hall–Kier alpha value is -2.45. The molecule has 1 aromatic carbocycles. The number of amides is 1. The summed E-state index contributed by atoms with van der Waals surface area (Å²) in [5.41, 5.74) is 1.33. The van der Waals surface area contributed by atoms with Gasteiger partial charge in [0.25, 0.3) is 10.0 Å². The van der Waals surface area contributed by atoms with Crippen LogP contribution in [-0.2, 0) is 21.2 Å². The number of hydrogen-bond donors (Lipinski definition) is 0. The van der Waals surface area contributed by atoms with Crippen LogP contribution in [-0.4, -0.2) is 56.1 Å². The average molecular weight is 430 g/mol. The predicted molar refractivity (Wildman–Crippen MR) is 116 cm³/mol. The van der Waals surface area contributed by atoms with E-state index in [1.807, 2.05) is 52.4 Å². The van der Waals surface area contributed by atoms with Crippen molar-refractivity contribution in [3.63, 3.8) is 0 Å². The summed E-state index contributed by atoms with van der Waals surface area (Å²) in [5.74, 6) is 0.629. The molecule has 1 saturated heterocycles. The molecule has 0 radical (unpaired) electrons. The summed E-state index contributed by atoms with van der Waals surface area (Å²) in [7, 11) is -3.72. The number of thiophene rings is 1. The lowest BCUT2D eigenvalue weighted by molar-refractivity contribution is -0.130. The van der Waals surface area contributed by atoms with Crippen molar-refractivity contribution in [2.24, 2.45) is 4.40 Å². The molecule has 0 N–H and O–H groups in total. The van der Waals surface area contributed by atoms with Crippen LogP contribution in [0, 0.1) is 0 Å². The Balaban J connectivity index is 1.51. The highest BCUT2D eigenvalue weighted by Gasteiger charge is 2.34. The second-order valence-corrected chi connectivity index (χ2v) is 9.76. The van der Waals surface area contributed by atoms with Crippen LogP contribution in [0.25, 0.3) is 4.91 Å². The molecule has 0 atom stereocenters. The normalized spacial score (nSPS) is 19.3. The number of nitrogens with zero attached hydrogens (tertiary/aromatic N) is 3. The summed E-state index contributed by atoms with van der Waals surface area (Å²) < 4.78 is 29.5. The summed E-state index contributed by atoms with van der Waals surface area (Å²) in [6.07, 6.45) is 1.20. The Labute approximate surface area is 175 Å². The zero-order valence-electron chi connectivity index (χ0n) is 16.2. The maximum atomic E-state index is 12.7. The zero-order chi connectivity index (χ0) is 20.4. The van der Waals surface area contributed by atoms with Crippen molar-refractivity contribution in [1.29, 1.82) is 0 Å².